The predicted octanol–water partition coefficient (Wildman–Crippen LogP) is 1.27. The first-order chi connectivity index (χ1) is 4.83. The van der Waals surface area contributed by atoms with Gasteiger partial charge in [-0.1, -0.05) is 0 Å². The van der Waals surface area contributed by atoms with Gasteiger partial charge in [0.15, 0.2) is 8.32 Å². The van der Waals surface area contributed by atoms with Gasteiger partial charge in [0.2, 0.25) is 5.91 Å². The van der Waals surface area contributed by atoms with Crippen molar-refractivity contribution < 1.29 is 9.22 Å². The quantitative estimate of drug-likeness (QED) is 0.477. The Bertz CT molecular complexity index is 142. The maximum Gasteiger partial charge on any atom is 0.220 e. The van der Waals surface area contributed by atoms with E-state index in [2.05, 4.69) is 19.6 Å². The summed E-state index contributed by atoms with van der Waals surface area (Å²) in [4.78, 5) is 12.3. The van der Waals surface area contributed by atoms with Gasteiger partial charge in [0.05, 0.1) is 0 Å². The Morgan fingerprint density at radius 3 is 2.18 bits per heavy atom. The Balaban J connectivity index is 3.63. The first-order valence-electron chi connectivity index (χ1n) is 3.68. The zero-order chi connectivity index (χ0) is 9.07. The van der Waals surface area contributed by atoms with Gasteiger partial charge in [0.1, 0.15) is 6.73 Å². The lowest BCUT2D eigenvalue weighted by Gasteiger charge is -2.22. The zero-order valence-electron chi connectivity index (χ0n) is 7.97. The van der Waals surface area contributed by atoms with E-state index in [0.29, 0.717) is 6.73 Å². The van der Waals surface area contributed by atoms with E-state index in [-0.39, 0.29) is 5.91 Å². The summed E-state index contributed by atoms with van der Waals surface area (Å²) in [6.07, 6.45) is 0. The molecule has 0 rings (SSSR count). The van der Waals surface area contributed by atoms with Crippen LogP contribution < -0.4 is 0 Å². The summed E-state index contributed by atoms with van der Waals surface area (Å²) in [5, 5.41) is 0. The van der Waals surface area contributed by atoms with Crippen molar-refractivity contribution in [3.05, 3.63) is 0 Å². The lowest BCUT2D eigenvalue weighted by Crippen LogP contribution is -2.34. The normalized spacial score (nSPS) is 11.4. The Kier molecular flexibility index (Phi) is 3.75. The van der Waals surface area contributed by atoms with Crippen molar-refractivity contribution in [2.24, 2.45) is 0 Å². The molecule has 0 aliphatic rings. The van der Waals surface area contributed by atoms with Crippen molar-refractivity contribution in [1.29, 1.82) is 0 Å². The Labute approximate surface area is 69.5 Å². The summed E-state index contributed by atoms with van der Waals surface area (Å²) in [5.74, 6) is 0.0447. The molecule has 0 bridgehead atoms. The van der Waals surface area contributed by atoms with Crippen LogP contribution in [0.1, 0.15) is 6.92 Å². The molecule has 0 aromatic carbocycles. The van der Waals surface area contributed by atoms with Crippen molar-refractivity contribution in [2.45, 2.75) is 26.6 Å². The van der Waals surface area contributed by atoms with E-state index in [4.69, 9.17) is 4.43 Å². The smallest absolute Gasteiger partial charge is 0.220 e. The average Bonchev–Trinajstić information content (AvgIpc) is 1.80. The number of carbonyl (C=O) groups is 1. The van der Waals surface area contributed by atoms with Crippen LogP contribution in [0.5, 0.6) is 0 Å². The van der Waals surface area contributed by atoms with Gasteiger partial charge in [-0.05, 0) is 19.6 Å². The summed E-state index contributed by atoms with van der Waals surface area (Å²) in [6, 6.07) is 0. The van der Waals surface area contributed by atoms with Crippen molar-refractivity contribution >= 4 is 14.2 Å². The van der Waals surface area contributed by atoms with Crippen molar-refractivity contribution in [3.8, 4) is 0 Å². The third-order valence-corrected chi connectivity index (χ3v) is 2.22. The third-order valence-electron chi connectivity index (χ3n) is 1.23. The molecule has 11 heavy (non-hydrogen) atoms. The second-order valence-corrected chi connectivity index (χ2v) is 8.12. The van der Waals surface area contributed by atoms with Gasteiger partial charge in [-0.2, -0.15) is 0 Å². The van der Waals surface area contributed by atoms with E-state index in [0.717, 1.165) is 0 Å². The van der Waals surface area contributed by atoms with Gasteiger partial charge in [-0.15, -0.1) is 0 Å². The van der Waals surface area contributed by atoms with E-state index in [1.165, 1.54) is 6.92 Å². The molecule has 0 N–H and O–H groups in total. The maximum atomic E-state index is 10.7. The van der Waals surface area contributed by atoms with E-state index in [1.54, 1.807) is 11.9 Å². The molecule has 0 aromatic heterocycles. The molecule has 0 aliphatic carbocycles. The zero-order valence-corrected chi connectivity index (χ0v) is 8.97. The average molecular weight is 175 g/mol. The fourth-order valence-electron chi connectivity index (χ4n) is 0.381. The molecule has 0 spiro atoms. The molecule has 0 atom stereocenters. The largest absolute Gasteiger partial charge is 0.400 e. The van der Waals surface area contributed by atoms with Crippen LogP contribution in [0.15, 0.2) is 0 Å². The molecule has 0 saturated carbocycles. The fourth-order valence-corrected chi connectivity index (χ4v) is 0.962. The van der Waals surface area contributed by atoms with Crippen LogP contribution in [-0.2, 0) is 9.22 Å². The first kappa shape index (κ1) is 10.6. The minimum atomic E-state index is -1.46. The van der Waals surface area contributed by atoms with E-state index in [1.807, 2.05) is 0 Å². The Hall–Kier alpha value is -0.353. The van der Waals surface area contributed by atoms with Crippen LogP contribution in [0.2, 0.25) is 19.6 Å². The summed E-state index contributed by atoms with van der Waals surface area (Å²) in [6.45, 7) is 8.25. The first-order valence-corrected chi connectivity index (χ1v) is 7.09. The van der Waals surface area contributed by atoms with Gasteiger partial charge in [-0.25, -0.2) is 0 Å². The van der Waals surface area contributed by atoms with Gasteiger partial charge in [0, 0.05) is 14.0 Å². The third kappa shape index (κ3) is 6.06. The standard InChI is InChI=1S/C7H17NO2Si/c1-7(9)8(2)6-10-11(3,4)5/h6H2,1-5H3. The van der Waals surface area contributed by atoms with Gasteiger partial charge in [-0.3, -0.25) is 4.79 Å². The van der Waals surface area contributed by atoms with Gasteiger partial charge >= 0.3 is 0 Å². The lowest BCUT2D eigenvalue weighted by molar-refractivity contribution is -0.130. The number of amides is 1. The number of carbonyl (C=O) groups excluding carboxylic acids is 1. The Morgan fingerprint density at radius 1 is 1.45 bits per heavy atom. The number of hydrogen-bond donors (Lipinski definition) is 0. The number of rotatable bonds is 3. The highest BCUT2D eigenvalue weighted by Gasteiger charge is 2.15. The molecule has 0 radical (unpaired) electrons. The minimum absolute atomic E-state index is 0.0447. The monoisotopic (exact) mass is 175 g/mol. The molecule has 1 amide bonds. The topological polar surface area (TPSA) is 29.5 Å². The molecule has 3 nitrogen and oxygen atoms in total. The molecule has 4 heteroatoms. The van der Waals surface area contributed by atoms with Crippen molar-refractivity contribution in [3.63, 3.8) is 0 Å². The molecular formula is C7H17NO2Si. The van der Waals surface area contributed by atoms with E-state index >= 15 is 0 Å². The summed E-state index contributed by atoms with van der Waals surface area (Å²) < 4.78 is 5.50. The van der Waals surface area contributed by atoms with Crippen LogP contribution >= 0.6 is 0 Å². The van der Waals surface area contributed by atoms with Crippen LogP contribution in [0.3, 0.4) is 0 Å². The molecule has 0 saturated heterocycles. The van der Waals surface area contributed by atoms with Crippen molar-refractivity contribution in [2.75, 3.05) is 13.8 Å². The highest BCUT2D eigenvalue weighted by Crippen LogP contribution is 2.02. The second kappa shape index (κ2) is 3.87. The summed E-state index contributed by atoms with van der Waals surface area (Å²) in [5.41, 5.74) is 0. The van der Waals surface area contributed by atoms with Crippen LogP contribution in [-0.4, -0.2) is 32.9 Å². The SMILES string of the molecule is CC(=O)N(C)CO[Si](C)(C)C. The van der Waals surface area contributed by atoms with Crippen LogP contribution in [0, 0.1) is 0 Å². The predicted molar refractivity (Wildman–Crippen MR) is 47.7 cm³/mol. The fraction of sp³-hybridized carbons (Fsp3) is 0.857. The molecule has 0 heterocycles. The van der Waals surface area contributed by atoms with Gasteiger partial charge in [0.25, 0.3) is 0 Å². The molecule has 0 aromatic rings. The maximum absolute atomic E-state index is 10.7. The molecule has 0 fully saturated rings. The number of hydrogen-bond acceptors (Lipinski definition) is 2. The second-order valence-electron chi connectivity index (χ2n) is 3.60. The summed E-state index contributed by atoms with van der Waals surface area (Å²) in [7, 11) is 0.279. The van der Waals surface area contributed by atoms with Crippen molar-refractivity contribution in [1.82, 2.24) is 4.90 Å². The molecular weight excluding hydrogens is 158 g/mol. The highest BCUT2D eigenvalue weighted by molar-refractivity contribution is 6.69. The van der Waals surface area contributed by atoms with Crippen LogP contribution in [0.4, 0.5) is 0 Å². The van der Waals surface area contributed by atoms with Gasteiger partial charge < -0.3 is 9.33 Å². The highest BCUT2D eigenvalue weighted by atomic mass is 28.4. The van der Waals surface area contributed by atoms with E-state index < -0.39 is 8.32 Å². The molecule has 0 unspecified atom stereocenters. The molecule has 0 aliphatic heterocycles. The minimum Gasteiger partial charge on any atom is -0.400 e. The number of nitrogens with zero attached hydrogens (tertiary/aromatic N) is 1. The van der Waals surface area contributed by atoms with Crippen LogP contribution in [0.25, 0.3) is 0 Å². The molecule has 66 valence electrons. The summed E-state index contributed by atoms with van der Waals surface area (Å²) >= 11 is 0. The van der Waals surface area contributed by atoms with E-state index in [9.17, 15) is 4.79 Å². The Morgan fingerprint density at radius 2 is 1.91 bits per heavy atom. The lowest BCUT2D eigenvalue weighted by atomic mass is 10.6.